The van der Waals surface area contributed by atoms with Crippen molar-refractivity contribution in [3.63, 3.8) is 0 Å². The fourth-order valence-corrected chi connectivity index (χ4v) is 6.05. The van der Waals surface area contributed by atoms with Crippen molar-refractivity contribution in [2.24, 2.45) is 5.92 Å². The standard InChI is InChI=1S/C22H23Cl2N3O2S2/c1-3-13(4-2)12-31(29)15-8-5-7-14(11-15)26-22-27-21(25)20(30-22)19(28)18-16(23)9-6-10-17(18)24/h5-11,13H,3-4,12,25H2,1-2H3,(H,26,27). The molecule has 3 aromatic rings. The molecule has 0 spiro atoms. The van der Waals surface area contributed by atoms with Crippen LogP contribution in [0, 0.1) is 5.92 Å². The van der Waals surface area contributed by atoms with Gasteiger partial charge < -0.3 is 11.1 Å². The van der Waals surface area contributed by atoms with Gasteiger partial charge in [-0.15, -0.1) is 0 Å². The highest BCUT2D eigenvalue weighted by molar-refractivity contribution is 7.85. The van der Waals surface area contributed by atoms with E-state index in [4.69, 9.17) is 28.9 Å². The summed E-state index contributed by atoms with van der Waals surface area (Å²) in [5, 5.41) is 4.12. The lowest BCUT2D eigenvalue weighted by Crippen LogP contribution is -2.09. The quantitative estimate of drug-likeness (QED) is 0.328. The molecule has 0 amide bonds. The first kappa shape index (κ1) is 23.7. The van der Waals surface area contributed by atoms with Crippen LogP contribution in [0.25, 0.3) is 0 Å². The zero-order valence-corrected chi connectivity index (χ0v) is 20.3. The lowest BCUT2D eigenvalue weighted by molar-refractivity contribution is 0.104. The van der Waals surface area contributed by atoms with Crippen LogP contribution in [0.1, 0.15) is 41.9 Å². The largest absolute Gasteiger partial charge is 0.382 e. The first-order valence-corrected chi connectivity index (χ1v) is 12.7. The smallest absolute Gasteiger partial charge is 0.209 e. The van der Waals surface area contributed by atoms with Crippen molar-refractivity contribution in [2.45, 2.75) is 31.6 Å². The highest BCUT2D eigenvalue weighted by atomic mass is 35.5. The average Bonchev–Trinajstić information content (AvgIpc) is 3.11. The lowest BCUT2D eigenvalue weighted by atomic mass is 10.1. The number of anilines is 3. The van der Waals surface area contributed by atoms with Crippen LogP contribution in [-0.4, -0.2) is 20.7 Å². The van der Waals surface area contributed by atoms with E-state index in [9.17, 15) is 9.00 Å². The lowest BCUT2D eigenvalue weighted by Gasteiger charge is -2.12. The van der Waals surface area contributed by atoms with Gasteiger partial charge in [0.25, 0.3) is 0 Å². The Labute approximate surface area is 198 Å². The van der Waals surface area contributed by atoms with Gasteiger partial charge in [0.2, 0.25) is 5.78 Å². The minimum absolute atomic E-state index is 0.0990. The van der Waals surface area contributed by atoms with Gasteiger partial charge in [0.05, 0.1) is 26.4 Å². The zero-order chi connectivity index (χ0) is 22.5. The fraction of sp³-hybridized carbons (Fsp3) is 0.273. The van der Waals surface area contributed by atoms with E-state index in [0.717, 1.165) is 34.8 Å². The molecular formula is C22H23Cl2N3O2S2. The molecule has 0 aliphatic heterocycles. The van der Waals surface area contributed by atoms with Crippen LogP contribution in [-0.2, 0) is 10.8 Å². The van der Waals surface area contributed by atoms with Crippen LogP contribution in [0.4, 0.5) is 16.6 Å². The number of ketones is 1. The van der Waals surface area contributed by atoms with E-state index >= 15 is 0 Å². The molecule has 1 atom stereocenters. The normalized spacial score (nSPS) is 12.2. The molecule has 3 rings (SSSR count). The second-order valence-electron chi connectivity index (χ2n) is 7.01. The molecule has 0 aliphatic carbocycles. The number of hydrogen-bond donors (Lipinski definition) is 2. The molecule has 5 nitrogen and oxygen atoms in total. The molecule has 1 unspecified atom stereocenters. The molecule has 0 saturated carbocycles. The first-order valence-electron chi connectivity index (χ1n) is 9.84. The van der Waals surface area contributed by atoms with Crippen molar-refractivity contribution in [2.75, 3.05) is 16.8 Å². The molecule has 1 aromatic heterocycles. The number of nitrogens with zero attached hydrogens (tertiary/aromatic N) is 1. The SMILES string of the molecule is CCC(CC)CS(=O)c1cccc(Nc2nc(N)c(C(=O)c3c(Cl)cccc3Cl)s2)c1. The summed E-state index contributed by atoms with van der Waals surface area (Å²) in [7, 11) is -1.08. The van der Waals surface area contributed by atoms with Crippen LogP contribution >= 0.6 is 34.5 Å². The molecular weight excluding hydrogens is 473 g/mol. The molecule has 0 saturated heterocycles. The Hall–Kier alpha value is -1.93. The molecule has 3 N–H and O–H groups in total. The van der Waals surface area contributed by atoms with Crippen LogP contribution in [0.2, 0.25) is 10.0 Å². The number of carbonyl (C=O) groups excluding carboxylic acids is 1. The van der Waals surface area contributed by atoms with Crippen LogP contribution < -0.4 is 11.1 Å². The van der Waals surface area contributed by atoms with Crippen molar-refractivity contribution < 1.29 is 9.00 Å². The van der Waals surface area contributed by atoms with Gasteiger partial charge in [-0.05, 0) is 36.2 Å². The van der Waals surface area contributed by atoms with E-state index in [2.05, 4.69) is 24.1 Å². The predicted molar refractivity (Wildman–Crippen MR) is 131 cm³/mol. The fourth-order valence-electron chi connectivity index (χ4n) is 3.05. The zero-order valence-electron chi connectivity index (χ0n) is 17.2. The second kappa shape index (κ2) is 10.6. The van der Waals surface area contributed by atoms with Crippen LogP contribution in [0.15, 0.2) is 47.4 Å². The van der Waals surface area contributed by atoms with E-state index in [0.29, 0.717) is 16.8 Å². The number of nitrogens with two attached hydrogens (primary N) is 1. The summed E-state index contributed by atoms with van der Waals surface area (Å²) in [6.07, 6.45) is 2.01. The summed E-state index contributed by atoms with van der Waals surface area (Å²) in [6, 6.07) is 12.3. The summed E-state index contributed by atoms with van der Waals surface area (Å²) in [5.41, 5.74) is 6.92. The third kappa shape index (κ3) is 5.66. The topological polar surface area (TPSA) is 85.1 Å². The van der Waals surface area contributed by atoms with Crippen molar-refractivity contribution in [1.82, 2.24) is 4.98 Å². The van der Waals surface area contributed by atoms with Gasteiger partial charge in [-0.2, -0.15) is 0 Å². The number of halogens is 2. The molecule has 2 aromatic carbocycles. The summed E-state index contributed by atoms with van der Waals surface area (Å²) in [4.78, 5) is 18.2. The van der Waals surface area contributed by atoms with E-state index in [-0.39, 0.29) is 32.1 Å². The number of nitrogen functional groups attached to an aromatic ring is 1. The first-order chi connectivity index (χ1) is 14.8. The van der Waals surface area contributed by atoms with Crippen molar-refractivity contribution in [3.05, 3.63) is 63.0 Å². The van der Waals surface area contributed by atoms with E-state index in [1.165, 1.54) is 0 Å². The highest BCUT2D eigenvalue weighted by Crippen LogP contribution is 2.34. The molecule has 164 valence electrons. The van der Waals surface area contributed by atoms with Crippen LogP contribution in [0.5, 0.6) is 0 Å². The van der Waals surface area contributed by atoms with Crippen molar-refractivity contribution in [1.29, 1.82) is 0 Å². The van der Waals surface area contributed by atoms with Crippen molar-refractivity contribution >= 4 is 67.8 Å². The molecule has 0 radical (unpaired) electrons. The molecule has 9 heteroatoms. The number of hydrogen-bond acceptors (Lipinski definition) is 6. The molecule has 31 heavy (non-hydrogen) atoms. The molecule has 0 aliphatic rings. The van der Waals surface area contributed by atoms with Gasteiger partial charge >= 0.3 is 0 Å². The highest BCUT2D eigenvalue weighted by Gasteiger charge is 2.22. The minimum atomic E-state index is -1.08. The van der Waals surface area contributed by atoms with E-state index in [1.807, 2.05) is 24.3 Å². The van der Waals surface area contributed by atoms with Gasteiger partial charge in [-0.1, -0.05) is 73.4 Å². The Balaban J connectivity index is 1.81. The number of nitrogens with one attached hydrogen (secondary N) is 1. The van der Waals surface area contributed by atoms with E-state index in [1.54, 1.807) is 18.2 Å². The maximum absolute atomic E-state index is 12.9. The van der Waals surface area contributed by atoms with E-state index < -0.39 is 10.8 Å². The summed E-state index contributed by atoms with van der Waals surface area (Å²) in [5.74, 6) is 0.791. The summed E-state index contributed by atoms with van der Waals surface area (Å²) >= 11 is 13.4. The monoisotopic (exact) mass is 495 g/mol. The van der Waals surface area contributed by atoms with Gasteiger partial charge in [0.15, 0.2) is 5.13 Å². The van der Waals surface area contributed by atoms with Gasteiger partial charge in [0.1, 0.15) is 10.7 Å². The van der Waals surface area contributed by atoms with Crippen LogP contribution in [0.3, 0.4) is 0 Å². The Morgan fingerprint density at radius 3 is 2.45 bits per heavy atom. The molecule has 0 bridgehead atoms. The maximum Gasteiger partial charge on any atom is 0.209 e. The second-order valence-corrected chi connectivity index (χ2v) is 10.3. The number of thiazole rings is 1. The van der Waals surface area contributed by atoms with Gasteiger partial charge in [-0.25, -0.2) is 4.98 Å². The summed E-state index contributed by atoms with van der Waals surface area (Å²) < 4.78 is 12.7. The Kier molecular flexibility index (Phi) is 8.11. The van der Waals surface area contributed by atoms with Gasteiger partial charge in [0, 0.05) is 16.3 Å². The third-order valence-corrected chi connectivity index (χ3v) is 8.11. The number of rotatable bonds is 9. The Morgan fingerprint density at radius 1 is 1.16 bits per heavy atom. The van der Waals surface area contributed by atoms with Gasteiger partial charge in [-0.3, -0.25) is 9.00 Å². The maximum atomic E-state index is 12.9. The summed E-state index contributed by atoms with van der Waals surface area (Å²) in [6.45, 7) is 4.23. The Bertz CT molecular complexity index is 1090. The average molecular weight is 496 g/mol. The third-order valence-electron chi connectivity index (χ3n) is 4.94. The number of carbonyl (C=O) groups is 1. The number of benzene rings is 2. The van der Waals surface area contributed by atoms with Crippen molar-refractivity contribution in [3.8, 4) is 0 Å². The predicted octanol–water partition coefficient (Wildman–Crippen LogP) is 6.55. The Morgan fingerprint density at radius 2 is 1.81 bits per heavy atom. The number of aromatic nitrogens is 1. The minimum Gasteiger partial charge on any atom is -0.382 e. The molecule has 1 heterocycles. The molecule has 0 fully saturated rings.